The summed E-state index contributed by atoms with van der Waals surface area (Å²) in [6.07, 6.45) is 1.90. The molecule has 2 N–H and O–H groups in total. The van der Waals surface area contributed by atoms with Gasteiger partial charge in [-0.3, -0.25) is 4.79 Å². The summed E-state index contributed by atoms with van der Waals surface area (Å²) >= 11 is 0. The average Bonchev–Trinajstić information content (AvgIpc) is 3.15. The van der Waals surface area contributed by atoms with Gasteiger partial charge in [-0.1, -0.05) is 42.5 Å². The number of benzene rings is 2. The Morgan fingerprint density at radius 3 is 2.64 bits per heavy atom. The van der Waals surface area contributed by atoms with Crippen LogP contribution in [0.4, 0.5) is 0 Å². The zero-order valence-electron chi connectivity index (χ0n) is 13.4. The van der Waals surface area contributed by atoms with E-state index in [1.54, 1.807) is 6.07 Å². The second-order valence-corrected chi connectivity index (χ2v) is 5.75. The number of hydrogen-bond donors (Lipinski definition) is 2. The van der Waals surface area contributed by atoms with E-state index < -0.39 is 0 Å². The zero-order chi connectivity index (χ0) is 17.1. The summed E-state index contributed by atoms with van der Waals surface area (Å²) in [5.41, 5.74) is 4.10. The van der Waals surface area contributed by atoms with Gasteiger partial charge in [0.2, 0.25) is 0 Å². The Hall–Kier alpha value is -3.47. The molecular formula is C20H16N4O. The lowest BCUT2D eigenvalue weighted by molar-refractivity contribution is 0.0945. The van der Waals surface area contributed by atoms with Crippen molar-refractivity contribution in [3.8, 4) is 11.3 Å². The number of nitrogens with zero attached hydrogens (tertiary/aromatic N) is 2. The van der Waals surface area contributed by atoms with Gasteiger partial charge in [-0.15, -0.1) is 10.2 Å². The molecule has 4 rings (SSSR count). The van der Waals surface area contributed by atoms with Gasteiger partial charge in [0.1, 0.15) is 0 Å². The van der Waals surface area contributed by atoms with E-state index >= 15 is 0 Å². The molecule has 0 radical (unpaired) electrons. The van der Waals surface area contributed by atoms with Crippen molar-refractivity contribution in [2.45, 2.75) is 6.54 Å². The Bertz CT molecular complexity index is 1010. The summed E-state index contributed by atoms with van der Waals surface area (Å²) < 4.78 is 0. The highest BCUT2D eigenvalue weighted by Gasteiger charge is 2.09. The molecule has 2 heterocycles. The summed E-state index contributed by atoms with van der Waals surface area (Å²) in [6, 6.07) is 21.3. The molecule has 0 unspecified atom stereocenters. The van der Waals surface area contributed by atoms with Gasteiger partial charge >= 0.3 is 0 Å². The summed E-state index contributed by atoms with van der Waals surface area (Å²) in [5.74, 6) is -0.237. The summed E-state index contributed by atoms with van der Waals surface area (Å²) in [4.78, 5) is 15.4. The fourth-order valence-corrected chi connectivity index (χ4v) is 2.69. The van der Waals surface area contributed by atoms with Crippen molar-refractivity contribution in [3.63, 3.8) is 0 Å². The predicted octanol–water partition coefficient (Wildman–Crippen LogP) is 3.55. The molecule has 2 aromatic heterocycles. The minimum absolute atomic E-state index is 0.237. The second kappa shape index (κ2) is 6.57. The van der Waals surface area contributed by atoms with Crippen LogP contribution in [0, 0.1) is 0 Å². The number of H-pyrrole nitrogens is 1. The van der Waals surface area contributed by atoms with Gasteiger partial charge < -0.3 is 10.3 Å². The highest BCUT2D eigenvalue weighted by atomic mass is 16.1. The van der Waals surface area contributed by atoms with E-state index in [0.29, 0.717) is 12.2 Å². The third-order valence-electron chi connectivity index (χ3n) is 4.04. The third-order valence-corrected chi connectivity index (χ3v) is 4.04. The maximum atomic E-state index is 12.3. The van der Waals surface area contributed by atoms with Gasteiger partial charge in [0, 0.05) is 23.8 Å². The van der Waals surface area contributed by atoms with Crippen molar-refractivity contribution < 1.29 is 4.79 Å². The van der Waals surface area contributed by atoms with Gasteiger partial charge in [0.15, 0.2) is 5.69 Å². The molecule has 5 nitrogen and oxygen atoms in total. The fourth-order valence-electron chi connectivity index (χ4n) is 2.69. The number of nitrogens with one attached hydrogen (secondary N) is 2. The van der Waals surface area contributed by atoms with Crippen LogP contribution >= 0.6 is 0 Å². The van der Waals surface area contributed by atoms with Crippen LogP contribution in [0.1, 0.15) is 16.1 Å². The second-order valence-electron chi connectivity index (χ2n) is 5.75. The van der Waals surface area contributed by atoms with Gasteiger partial charge in [0.25, 0.3) is 5.91 Å². The molecule has 0 spiro atoms. The van der Waals surface area contributed by atoms with Crippen molar-refractivity contribution in [3.05, 3.63) is 84.2 Å². The molecule has 0 atom stereocenters. The van der Waals surface area contributed by atoms with Crippen LogP contribution in [-0.2, 0) is 6.54 Å². The summed E-state index contributed by atoms with van der Waals surface area (Å²) in [7, 11) is 0. The molecule has 122 valence electrons. The maximum absolute atomic E-state index is 12.3. The van der Waals surface area contributed by atoms with Crippen LogP contribution < -0.4 is 5.32 Å². The Morgan fingerprint density at radius 1 is 0.960 bits per heavy atom. The lowest BCUT2D eigenvalue weighted by atomic mass is 10.1. The van der Waals surface area contributed by atoms with Crippen LogP contribution in [0.15, 0.2) is 72.9 Å². The Labute approximate surface area is 144 Å². The smallest absolute Gasteiger partial charge is 0.272 e. The van der Waals surface area contributed by atoms with Crippen molar-refractivity contribution >= 4 is 16.8 Å². The van der Waals surface area contributed by atoms with E-state index in [9.17, 15) is 4.79 Å². The monoisotopic (exact) mass is 328 g/mol. The van der Waals surface area contributed by atoms with Crippen molar-refractivity contribution in [1.29, 1.82) is 0 Å². The molecule has 0 saturated carbocycles. The Morgan fingerprint density at radius 2 is 1.84 bits per heavy atom. The standard InChI is InChI=1S/C20H16N4O/c25-20(22-13-14-6-7-16-10-11-21-19(16)12-14)18-9-8-17(23-24-18)15-4-2-1-3-5-15/h1-12,21H,13H2,(H,22,25). The van der Waals surface area contributed by atoms with E-state index in [-0.39, 0.29) is 5.91 Å². The molecular weight excluding hydrogens is 312 g/mol. The molecule has 0 aliphatic carbocycles. The highest BCUT2D eigenvalue weighted by molar-refractivity contribution is 5.92. The molecule has 5 heteroatoms. The Kier molecular flexibility index (Phi) is 3.96. The SMILES string of the molecule is O=C(NCc1ccc2cc[nH]c2c1)c1ccc(-c2ccccc2)nn1. The highest BCUT2D eigenvalue weighted by Crippen LogP contribution is 2.16. The molecule has 0 bridgehead atoms. The number of carbonyl (C=O) groups is 1. The molecule has 25 heavy (non-hydrogen) atoms. The van der Waals surface area contributed by atoms with Gasteiger partial charge in [-0.05, 0) is 35.2 Å². The molecule has 0 fully saturated rings. The number of carbonyl (C=O) groups excluding carboxylic acids is 1. The normalized spacial score (nSPS) is 10.7. The van der Waals surface area contributed by atoms with Crippen molar-refractivity contribution in [2.75, 3.05) is 0 Å². The van der Waals surface area contributed by atoms with E-state index in [4.69, 9.17) is 0 Å². The van der Waals surface area contributed by atoms with Gasteiger partial charge in [0.05, 0.1) is 5.69 Å². The predicted molar refractivity (Wildman–Crippen MR) is 96.9 cm³/mol. The zero-order valence-corrected chi connectivity index (χ0v) is 13.4. The molecule has 0 aliphatic heterocycles. The lowest BCUT2D eigenvalue weighted by Gasteiger charge is -2.06. The number of hydrogen-bond acceptors (Lipinski definition) is 3. The summed E-state index contributed by atoms with van der Waals surface area (Å²) in [6.45, 7) is 0.440. The lowest BCUT2D eigenvalue weighted by Crippen LogP contribution is -2.24. The number of fused-ring (bicyclic) bond motifs is 1. The van der Waals surface area contributed by atoms with Crippen LogP contribution in [0.3, 0.4) is 0 Å². The van der Waals surface area contributed by atoms with Crippen LogP contribution in [0.25, 0.3) is 22.2 Å². The number of aromatic amines is 1. The van der Waals surface area contributed by atoms with E-state index in [1.807, 2.05) is 66.9 Å². The van der Waals surface area contributed by atoms with Crippen LogP contribution in [-0.4, -0.2) is 21.1 Å². The number of rotatable bonds is 4. The largest absolute Gasteiger partial charge is 0.361 e. The first-order chi connectivity index (χ1) is 12.3. The number of aromatic nitrogens is 3. The minimum atomic E-state index is -0.237. The Balaban J connectivity index is 1.44. The first kappa shape index (κ1) is 15.1. The maximum Gasteiger partial charge on any atom is 0.272 e. The number of amides is 1. The first-order valence-electron chi connectivity index (χ1n) is 8.03. The minimum Gasteiger partial charge on any atom is -0.361 e. The molecule has 4 aromatic rings. The van der Waals surface area contributed by atoms with Crippen LogP contribution in [0.5, 0.6) is 0 Å². The van der Waals surface area contributed by atoms with Crippen LogP contribution in [0.2, 0.25) is 0 Å². The fraction of sp³-hybridized carbons (Fsp3) is 0.0500. The van der Waals surface area contributed by atoms with Gasteiger partial charge in [-0.25, -0.2) is 0 Å². The molecule has 0 aliphatic rings. The summed E-state index contributed by atoms with van der Waals surface area (Å²) in [5, 5.41) is 12.2. The quantitative estimate of drug-likeness (QED) is 0.602. The van der Waals surface area contributed by atoms with E-state index in [0.717, 1.165) is 27.7 Å². The molecule has 0 saturated heterocycles. The third kappa shape index (κ3) is 3.26. The van der Waals surface area contributed by atoms with Gasteiger partial charge in [-0.2, -0.15) is 0 Å². The first-order valence-corrected chi connectivity index (χ1v) is 8.03. The molecule has 1 amide bonds. The molecule has 2 aromatic carbocycles. The van der Waals surface area contributed by atoms with E-state index in [1.165, 1.54) is 0 Å². The van der Waals surface area contributed by atoms with Crippen molar-refractivity contribution in [1.82, 2.24) is 20.5 Å². The average molecular weight is 328 g/mol. The topological polar surface area (TPSA) is 70.7 Å². The van der Waals surface area contributed by atoms with Crippen molar-refractivity contribution in [2.24, 2.45) is 0 Å². The van der Waals surface area contributed by atoms with E-state index in [2.05, 4.69) is 20.5 Å².